The van der Waals surface area contributed by atoms with E-state index in [4.69, 9.17) is 0 Å². The fourth-order valence-electron chi connectivity index (χ4n) is 1.25. The van der Waals surface area contributed by atoms with E-state index >= 15 is 0 Å². The highest BCUT2D eigenvalue weighted by Gasteiger charge is 1.97. The van der Waals surface area contributed by atoms with Crippen LogP contribution < -0.4 is 5.32 Å². The Kier molecular flexibility index (Phi) is 5.71. The zero-order valence-electron chi connectivity index (χ0n) is 8.99. The number of nitrogens with zero attached hydrogens (tertiary/aromatic N) is 2. The van der Waals surface area contributed by atoms with Gasteiger partial charge in [0.05, 0.1) is 12.0 Å². The van der Waals surface area contributed by atoms with Crippen LogP contribution in [0.4, 0.5) is 0 Å². The van der Waals surface area contributed by atoms with Gasteiger partial charge in [0.25, 0.3) is 0 Å². The van der Waals surface area contributed by atoms with E-state index in [0.29, 0.717) is 0 Å². The van der Waals surface area contributed by atoms with Crippen LogP contribution >= 0.6 is 11.8 Å². The Morgan fingerprint density at radius 2 is 2.43 bits per heavy atom. The van der Waals surface area contributed by atoms with Crippen molar-refractivity contribution in [1.29, 1.82) is 0 Å². The minimum absolute atomic E-state index is 1.02. The van der Waals surface area contributed by atoms with E-state index in [2.05, 4.69) is 34.2 Å². The molecule has 1 heterocycles. The largest absolute Gasteiger partial charge is 0.336 e. The van der Waals surface area contributed by atoms with Gasteiger partial charge >= 0.3 is 0 Å². The summed E-state index contributed by atoms with van der Waals surface area (Å²) in [6, 6.07) is 0. The SMILES string of the molecule is CCNCCc1cn(CCSC)cn1. The molecule has 0 spiro atoms. The van der Waals surface area contributed by atoms with Gasteiger partial charge in [-0.2, -0.15) is 11.8 Å². The Bertz CT molecular complexity index is 247. The number of hydrogen-bond donors (Lipinski definition) is 1. The highest BCUT2D eigenvalue weighted by Crippen LogP contribution is 1.99. The second kappa shape index (κ2) is 6.90. The van der Waals surface area contributed by atoms with Crippen LogP contribution in [0.2, 0.25) is 0 Å². The first-order valence-electron chi connectivity index (χ1n) is 5.07. The Labute approximate surface area is 90.3 Å². The van der Waals surface area contributed by atoms with Crippen molar-refractivity contribution in [2.45, 2.75) is 19.9 Å². The number of rotatable bonds is 7. The lowest BCUT2D eigenvalue weighted by atomic mass is 10.3. The van der Waals surface area contributed by atoms with E-state index in [-0.39, 0.29) is 0 Å². The minimum atomic E-state index is 1.02. The topological polar surface area (TPSA) is 29.9 Å². The van der Waals surface area contributed by atoms with E-state index in [1.54, 1.807) is 0 Å². The lowest BCUT2D eigenvalue weighted by molar-refractivity contribution is 0.708. The molecule has 0 radical (unpaired) electrons. The van der Waals surface area contributed by atoms with Gasteiger partial charge in [0.2, 0.25) is 0 Å². The van der Waals surface area contributed by atoms with Gasteiger partial charge in [-0.1, -0.05) is 6.92 Å². The molecular weight excluding hydrogens is 194 g/mol. The van der Waals surface area contributed by atoms with Crippen LogP contribution in [0.1, 0.15) is 12.6 Å². The Balaban J connectivity index is 2.27. The molecule has 0 saturated heterocycles. The second-order valence-electron chi connectivity index (χ2n) is 3.20. The zero-order chi connectivity index (χ0) is 10.2. The zero-order valence-corrected chi connectivity index (χ0v) is 9.81. The van der Waals surface area contributed by atoms with E-state index < -0.39 is 0 Å². The molecule has 0 fully saturated rings. The predicted molar refractivity (Wildman–Crippen MR) is 62.9 cm³/mol. The number of imidazole rings is 1. The lowest BCUT2D eigenvalue weighted by Gasteiger charge is -1.99. The third-order valence-electron chi connectivity index (χ3n) is 2.05. The van der Waals surface area contributed by atoms with Gasteiger partial charge < -0.3 is 9.88 Å². The summed E-state index contributed by atoms with van der Waals surface area (Å²) in [6.07, 6.45) is 7.23. The van der Waals surface area contributed by atoms with E-state index in [9.17, 15) is 0 Å². The van der Waals surface area contributed by atoms with Crippen LogP contribution in [-0.2, 0) is 13.0 Å². The number of aryl methyl sites for hydroxylation is 1. The maximum absolute atomic E-state index is 4.35. The summed E-state index contributed by atoms with van der Waals surface area (Å²) in [5.41, 5.74) is 1.19. The maximum atomic E-state index is 4.35. The van der Waals surface area contributed by atoms with E-state index in [0.717, 1.165) is 31.8 Å². The highest BCUT2D eigenvalue weighted by molar-refractivity contribution is 7.98. The average molecular weight is 213 g/mol. The average Bonchev–Trinajstić information content (AvgIpc) is 2.63. The van der Waals surface area contributed by atoms with Gasteiger partial charge in [-0.15, -0.1) is 0 Å². The third kappa shape index (κ3) is 4.15. The first-order chi connectivity index (χ1) is 6.86. The smallest absolute Gasteiger partial charge is 0.0949 e. The quantitative estimate of drug-likeness (QED) is 0.694. The molecule has 0 aromatic carbocycles. The molecule has 0 aliphatic heterocycles. The molecule has 0 bridgehead atoms. The van der Waals surface area contributed by atoms with Crippen molar-refractivity contribution in [2.75, 3.05) is 25.1 Å². The van der Waals surface area contributed by atoms with E-state index in [1.807, 2.05) is 18.1 Å². The molecule has 0 saturated carbocycles. The number of hydrogen-bond acceptors (Lipinski definition) is 3. The highest BCUT2D eigenvalue weighted by atomic mass is 32.2. The normalized spacial score (nSPS) is 10.7. The number of thioether (sulfide) groups is 1. The number of likely N-dealkylation sites (N-methyl/N-ethyl adjacent to an activating group) is 1. The predicted octanol–water partition coefficient (Wildman–Crippen LogP) is 1.40. The third-order valence-corrected chi connectivity index (χ3v) is 2.64. The summed E-state index contributed by atoms with van der Waals surface area (Å²) in [5, 5.41) is 3.30. The summed E-state index contributed by atoms with van der Waals surface area (Å²) in [7, 11) is 0. The molecule has 0 aliphatic carbocycles. The molecule has 0 atom stereocenters. The van der Waals surface area contributed by atoms with Crippen molar-refractivity contribution in [3.63, 3.8) is 0 Å². The van der Waals surface area contributed by atoms with Crippen molar-refractivity contribution in [2.24, 2.45) is 0 Å². The molecule has 14 heavy (non-hydrogen) atoms. The molecule has 0 amide bonds. The number of aromatic nitrogens is 2. The van der Waals surface area contributed by atoms with Crippen molar-refractivity contribution in [3.8, 4) is 0 Å². The maximum Gasteiger partial charge on any atom is 0.0949 e. The molecule has 1 aromatic rings. The fourth-order valence-corrected chi connectivity index (χ4v) is 1.64. The van der Waals surface area contributed by atoms with Crippen LogP contribution in [0.15, 0.2) is 12.5 Å². The Morgan fingerprint density at radius 3 is 3.14 bits per heavy atom. The summed E-state index contributed by atoms with van der Waals surface area (Å²) in [4.78, 5) is 4.35. The fraction of sp³-hybridized carbons (Fsp3) is 0.700. The van der Waals surface area contributed by atoms with Gasteiger partial charge in [0.15, 0.2) is 0 Å². The van der Waals surface area contributed by atoms with Crippen LogP contribution in [0.5, 0.6) is 0 Å². The second-order valence-corrected chi connectivity index (χ2v) is 4.18. The monoisotopic (exact) mass is 213 g/mol. The molecule has 1 N–H and O–H groups in total. The molecule has 0 aliphatic rings. The first-order valence-corrected chi connectivity index (χ1v) is 6.46. The standard InChI is InChI=1S/C10H19N3S/c1-3-11-5-4-10-8-13(9-12-10)6-7-14-2/h8-9,11H,3-7H2,1-2H3. The van der Waals surface area contributed by atoms with Crippen molar-refractivity contribution >= 4 is 11.8 Å². The van der Waals surface area contributed by atoms with Gasteiger partial charge in [0.1, 0.15) is 0 Å². The van der Waals surface area contributed by atoms with Gasteiger partial charge in [-0.25, -0.2) is 4.98 Å². The molecule has 0 unspecified atom stereocenters. The van der Waals surface area contributed by atoms with Crippen LogP contribution in [0, 0.1) is 0 Å². The molecule has 80 valence electrons. The van der Waals surface area contributed by atoms with Gasteiger partial charge in [-0.3, -0.25) is 0 Å². The molecule has 3 nitrogen and oxygen atoms in total. The lowest BCUT2D eigenvalue weighted by Crippen LogP contribution is -2.16. The van der Waals surface area contributed by atoms with Crippen LogP contribution in [-0.4, -0.2) is 34.6 Å². The Morgan fingerprint density at radius 1 is 1.57 bits per heavy atom. The number of nitrogens with one attached hydrogen (secondary N) is 1. The van der Waals surface area contributed by atoms with Crippen molar-refractivity contribution in [1.82, 2.24) is 14.9 Å². The summed E-state index contributed by atoms with van der Waals surface area (Å²) in [5.74, 6) is 1.16. The van der Waals surface area contributed by atoms with Crippen molar-refractivity contribution < 1.29 is 0 Å². The van der Waals surface area contributed by atoms with Crippen LogP contribution in [0.3, 0.4) is 0 Å². The summed E-state index contributed by atoms with van der Waals surface area (Å²) in [6.45, 7) is 5.25. The summed E-state index contributed by atoms with van der Waals surface area (Å²) < 4.78 is 2.16. The first kappa shape index (κ1) is 11.6. The molecular formula is C10H19N3S. The van der Waals surface area contributed by atoms with Gasteiger partial charge in [-0.05, 0) is 12.8 Å². The van der Waals surface area contributed by atoms with Crippen molar-refractivity contribution in [3.05, 3.63) is 18.2 Å². The summed E-state index contributed by atoms with van der Waals surface area (Å²) >= 11 is 1.87. The van der Waals surface area contributed by atoms with Gasteiger partial charge in [0, 0.05) is 31.5 Å². The molecule has 1 aromatic heterocycles. The molecule has 1 rings (SSSR count). The Hall–Kier alpha value is -0.480. The van der Waals surface area contributed by atoms with E-state index in [1.165, 1.54) is 5.69 Å². The molecule has 4 heteroatoms. The van der Waals surface area contributed by atoms with Crippen LogP contribution in [0.25, 0.3) is 0 Å². The minimum Gasteiger partial charge on any atom is -0.336 e.